The summed E-state index contributed by atoms with van der Waals surface area (Å²) in [5, 5.41) is 3.97. The minimum atomic E-state index is 0.431. The Balaban J connectivity index is 1.52. The third-order valence-electron chi connectivity index (χ3n) is 5.32. The van der Waals surface area contributed by atoms with Crippen LogP contribution in [0.2, 0.25) is 0 Å². The molecule has 0 aliphatic carbocycles. The monoisotopic (exact) mass is 373 g/mol. The first-order chi connectivity index (χ1) is 13.1. The normalized spacial score (nSPS) is 15.9. The van der Waals surface area contributed by atoms with E-state index in [9.17, 15) is 0 Å². The number of ether oxygens (including phenoxy) is 2. The molecule has 0 radical (unpaired) electrons. The van der Waals surface area contributed by atoms with Crippen LogP contribution in [-0.4, -0.2) is 61.8 Å². The van der Waals surface area contributed by atoms with Gasteiger partial charge in [-0.2, -0.15) is 0 Å². The summed E-state index contributed by atoms with van der Waals surface area (Å²) in [5.41, 5.74) is 3.14. The van der Waals surface area contributed by atoms with E-state index >= 15 is 0 Å². The third kappa shape index (κ3) is 5.23. The van der Waals surface area contributed by atoms with Crippen LogP contribution in [0.15, 0.2) is 22.7 Å². The predicted octanol–water partition coefficient (Wildman–Crippen LogP) is 3.06. The van der Waals surface area contributed by atoms with Gasteiger partial charge in [-0.05, 0) is 58.0 Å². The van der Waals surface area contributed by atoms with Gasteiger partial charge in [-0.3, -0.25) is 0 Å². The van der Waals surface area contributed by atoms with Crippen molar-refractivity contribution >= 4 is 0 Å². The Bertz CT molecular complexity index is 717. The van der Waals surface area contributed by atoms with Crippen molar-refractivity contribution in [3.05, 3.63) is 40.8 Å². The van der Waals surface area contributed by atoms with Crippen molar-refractivity contribution in [1.29, 1.82) is 0 Å². The first-order valence-electron chi connectivity index (χ1n) is 9.69. The first kappa shape index (κ1) is 19.7. The average Bonchev–Trinajstić information content (AvgIpc) is 3.00. The highest BCUT2D eigenvalue weighted by atomic mass is 16.5. The molecular formula is C21H31N3O3. The second-order valence-corrected chi connectivity index (χ2v) is 7.33. The number of piperazine rings is 1. The quantitative estimate of drug-likeness (QED) is 0.709. The van der Waals surface area contributed by atoms with Crippen molar-refractivity contribution < 1.29 is 14.0 Å². The van der Waals surface area contributed by atoms with Gasteiger partial charge in [-0.15, -0.1) is 0 Å². The molecule has 148 valence electrons. The summed E-state index contributed by atoms with van der Waals surface area (Å²) >= 11 is 0. The van der Waals surface area contributed by atoms with Gasteiger partial charge >= 0.3 is 0 Å². The standard InChI is InChI=1S/C21H31N3O3/c1-16-19(17(2)27-22-16)15-26-20-8-7-18(14-21(20)25-4)6-5-9-24-12-10-23(3)11-13-24/h7-8,14H,5-6,9-13,15H2,1-4H3. The zero-order valence-corrected chi connectivity index (χ0v) is 17.0. The van der Waals surface area contributed by atoms with Crippen LogP contribution in [0.4, 0.5) is 0 Å². The number of aryl methyl sites for hydroxylation is 3. The number of rotatable bonds is 8. The van der Waals surface area contributed by atoms with E-state index in [0.717, 1.165) is 47.9 Å². The highest BCUT2D eigenvalue weighted by Crippen LogP contribution is 2.30. The van der Waals surface area contributed by atoms with E-state index in [1.165, 1.54) is 31.7 Å². The Morgan fingerprint density at radius 2 is 1.89 bits per heavy atom. The van der Waals surface area contributed by atoms with Gasteiger partial charge in [-0.1, -0.05) is 11.2 Å². The van der Waals surface area contributed by atoms with Crippen molar-refractivity contribution in [3.63, 3.8) is 0 Å². The lowest BCUT2D eigenvalue weighted by Gasteiger charge is -2.32. The van der Waals surface area contributed by atoms with Crippen molar-refractivity contribution in [2.75, 3.05) is 46.9 Å². The van der Waals surface area contributed by atoms with Gasteiger partial charge in [-0.25, -0.2) is 0 Å². The minimum Gasteiger partial charge on any atom is -0.493 e. The molecule has 0 amide bonds. The molecule has 2 heterocycles. The van der Waals surface area contributed by atoms with Gasteiger partial charge in [0.2, 0.25) is 0 Å². The summed E-state index contributed by atoms with van der Waals surface area (Å²) in [6.07, 6.45) is 2.21. The molecule has 0 unspecified atom stereocenters. The van der Waals surface area contributed by atoms with Gasteiger partial charge in [0.25, 0.3) is 0 Å². The zero-order valence-electron chi connectivity index (χ0n) is 17.0. The lowest BCUT2D eigenvalue weighted by molar-refractivity contribution is 0.153. The SMILES string of the molecule is COc1cc(CCCN2CCN(C)CC2)ccc1OCc1c(C)noc1C. The van der Waals surface area contributed by atoms with E-state index in [1.807, 2.05) is 19.9 Å². The lowest BCUT2D eigenvalue weighted by atomic mass is 10.1. The Kier molecular flexibility index (Phi) is 6.74. The summed E-state index contributed by atoms with van der Waals surface area (Å²) in [5.74, 6) is 2.33. The van der Waals surface area contributed by atoms with Gasteiger partial charge in [0.05, 0.1) is 18.4 Å². The van der Waals surface area contributed by atoms with Crippen molar-refractivity contribution in [1.82, 2.24) is 15.0 Å². The molecule has 0 bridgehead atoms. The summed E-state index contributed by atoms with van der Waals surface area (Å²) in [4.78, 5) is 4.95. The molecule has 1 saturated heterocycles. The molecule has 1 aliphatic rings. The second kappa shape index (κ2) is 9.24. The van der Waals surface area contributed by atoms with E-state index in [1.54, 1.807) is 7.11 Å². The molecule has 3 rings (SSSR count). The lowest BCUT2D eigenvalue weighted by Crippen LogP contribution is -2.44. The van der Waals surface area contributed by atoms with Crippen LogP contribution in [0, 0.1) is 13.8 Å². The average molecular weight is 373 g/mol. The van der Waals surface area contributed by atoms with E-state index in [4.69, 9.17) is 14.0 Å². The van der Waals surface area contributed by atoms with Gasteiger partial charge < -0.3 is 23.8 Å². The second-order valence-electron chi connectivity index (χ2n) is 7.33. The van der Waals surface area contributed by atoms with Gasteiger partial charge in [0, 0.05) is 26.2 Å². The third-order valence-corrected chi connectivity index (χ3v) is 5.32. The fraction of sp³-hybridized carbons (Fsp3) is 0.571. The molecule has 6 nitrogen and oxygen atoms in total. The fourth-order valence-electron chi connectivity index (χ4n) is 3.42. The smallest absolute Gasteiger partial charge is 0.161 e. The maximum atomic E-state index is 5.96. The minimum absolute atomic E-state index is 0.431. The Morgan fingerprint density at radius 3 is 2.56 bits per heavy atom. The highest BCUT2D eigenvalue weighted by molar-refractivity contribution is 5.43. The molecule has 2 aromatic rings. The Morgan fingerprint density at radius 1 is 1.11 bits per heavy atom. The van der Waals surface area contributed by atoms with Crippen LogP contribution in [0.5, 0.6) is 11.5 Å². The van der Waals surface area contributed by atoms with Crippen molar-refractivity contribution in [2.24, 2.45) is 0 Å². The summed E-state index contributed by atoms with van der Waals surface area (Å²) in [6, 6.07) is 6.23. The molecule has 0 N–H and O–H groups in total. The summed E-state index contributed by atoms with van der Waals surface area (Å²) in [6.45, 7) is 10.1. The van der Waals surface area contributed by atoms with Crippen molar-refractivity contribution in [2.45, 2.75) is 33.3 Å². The maximum absolute atomic E-state index is 5.96. The molecule has 6 heteroatoms. The Hall–Kier alpha value is -2.05. The van der Waals surface area contributed by atoms with Gasteiger partial charge in [0.1, 0.15) is 12.4 Å². The van der Waals surface area contributed by atoms with Crippen LogP contribution in [0.3, 0.4) is 0 Å². The van der Waals surface area contributed by atoms with E-state index < -0.39 is 0 Å². The van der Waals surface area contributed by atoms with E-state index in [-0.39, 0.29) is 0 Å². The topological polar surface area (TPSA) is 51.0 Å². The molecular weight excluding hydrogens is 342 g/mol. The van der Waals surface area contributed by atoms with Crippen molar-refractivity contribution in [3.8, 4) is 11.5 Å². The summed E-state index contributed by atoms with van der Waals surface area (Å²) < 4.78 is 16.7. The molecule has 0 spiro atoms. The first-order valence-corrected chi connectivity index (χ1v) is 9.69. The largest absolute Gasteiger partial charge is 0.493 e. The number of likely N-dealkylation sites (N-methyl/N-ethyl adjacent to an activating group) is 1. The number of aromatic nitrogens is 1. The number of methoxy groups -OCH3 is 1. The summed E-state index contributed by atoms with van der Waals surface area (Å²) in [7, 11) is 3.88. The Labute approximate surface area is 162 Å². The van der Waals surface area contributed by atoms with E-state index in [0.29, 0.717) is 6.61 Å². The number of nitrogens with zero attached hydrogens (tertiary/aromatic N) is 3. The molecule has 1 fully saturated rings. The molecule has 1 aliphatic heterocycles. The molecule has 0 atom stereocenters. The molecule has 0 saturated carbocycles. The van der Waals surface area contributed by atoms with Crippen LogP contribution in [0.25, 0.3) is 0 Å². The number of benzene rings is 1. The number of hydrogen-bond acceptors (Lipinski definition) is 6. The van der Waals surface area contributed by atoms with Crippen LogP contribution in [0.1, 0.15) is 29.0 Å². The molecule has 1 aromatic heterocycles. The highest BCUT2D eigenvalue weighted by Gasteiger charge is 2.14. The maximum Gasteiger partial charge on any atom is 0.161 e. The van der Waals surface area contributed by atoms with E-state index in [2.05, 4.69) is 34.1 Å². The van der Waals surface area contributed by atoms with Gasteiger partial charge in [0.15, 0.2) is 11.5 Å². The zero-order chi connectivity index (χ0) is 19.2. The van der Waals surface area contributed by atoms with Crippen LogP contribution >= 0.6 is 0 Å². The predicted molar refractivity (Wildman–Crippen MR) is 106 cm³/mol. The van der Waals surface area contributed by atoms with Crippen LogP contribution in [-0.2, 0) is 13.0 Å². The molecule has 27 heavy (non-hydrogen) atoms. The fourth-order valence-corrected chi connectivity index (χ4v) is 3.42. The number of hydrogen-bond donors (Lipinski definition) is 0. The van der Waals surface area contributed by atoms with Crippen LogP contribution < -0.4 is 9.47 Å². The molecule has 1 aromatic carbocycles.